The Hall–Kier alpha value is -0.0900. The van der Waals surface area contributed by atoms with Crippen LogP contribution in [0.5, 0.6) is 0 Å². The lowest BCUT2D eigenvalue weighted by atomic mass is 9.48. The number of carbonyl (C=O) groups excluding carboxylic acids is 1. The number of alkyl halides is 1. The zero-order valence-electron chi connectivity index (χ0n) is 13.8. The van der Waals surface area contributed by atoms with Gasteiger partial charge in [-0.3, -0.25) is 4.79 Å². The molecule has 1 amide bonds. The summed E-state index contributed by atoms with van der Waals surface area (Å²) in [6, 6.07) is 0. The summed E-state index contributed by atoms with van der Waals surface area (Å²) in [6.07, 6.45) is 8.84. The summed E-state index contributed by atoms with van der Waals surface area (Å²) in [5.74, 6) is 2.20. The van der Waals surface area contributed by atoms with Crippen LogP contribution in [0.15, 0.2) is 0 Å². The molecule has 4 heteroatoms. The number of likely N-dealkylation sites (N-methyl/N-ethyl adjacent to an activating group) is 1. The molecule has 5 rings (SSSR count). The standard InChI is InChI=1S/C18H29BrN2O/c1-2-20-3-5-21(6-4-20)16(22)12-17-8-14-7-15(9-17)11-18(19,10-14)13-17/h14-15H,2-13H2,1H3. The molecular formula is C18H29BrN2O. The average Bonchev–Trinajstić information content (AvgIpc) is 2.44. The van der Waals surface area contributed by atoms with Gasteiger partial charge in [0.25, 0.3) is 0 Å². The van der Waals surface area contributed by atoms with Gasteiger partial charge in [-0.1, -0.05) is 22.9 Å². The van der Waals surface area contributed by atoms with E-state index in [9.17, 15) is 4.79 Å². The minimum atomic E-state index is 0.326. The van der Waals surface area contributed by atoms with E-state index >= 15 is 0 Å². The largest absolute Gasteiger partial charge is 0.340 e. The van der Waals surface area contributed by atoms with Crippen molar-refractivity contribution in [3.63, 3.8) is 0 Å². The Labute approximate surface area is 142 Å². The van der Waals surface area contributed by atoms with Crippen molar-refractivity contribution in [1.82, 2.24) is 9.80 Å². The number of carbonyl (C=O) groups is 1. The van der Waals surface area contributed by atoms with Crippen molar-refractivity contribution >= 4 is 21.8 Å². The van der Waals surface area contributed by atoms with Crippen LogP contribution in [0.1, 0.15) is 51.9 Å². The molecule has 1 heterocycles. The van der Waals surface area contributed by atoms with E-state index in [-0.39, 0.29) is 0 Å². The number of amides is 1. The van der Waals surface area contributed by atoms with E-state index in [2.05, 4.69) is 32.7 Å². The lowest BCUT2D eigenvalue weighted by Gasteiger charge is -2.60. The van der Waals surface area contributed by atoms with Crippen LogP contribution in [-0.2, 0) is 4.79 Å². The molecule has 22 heavy (non-hydrogen) atoms. The van der Waals surface area contributed by atoms with Crippen LogP contribution < -0.4 is 0 Å². The van der Waals surface area contributed by atoms with Crippen molar-refractivity contribution in [2.75, 3.05) is 32.7 Å². The van der Waals surface area contributed by atoms with Gasteiger partial charge in [-0.2, -0.15) is 0 Å². The SMILES string of the molecule is CCN1CCN(C(=O)CC23CC4CC(CC(Br)(C4)C2)C3)CC1. The zero-order valence-corrected chi connectivity index (χ0v) is 15.4. The maximum absolute atomic E-state index is 12.9. The molecule has 2 unspecified atom stereocenters. The summed E-state index contributed by atoms with van der Waals surface area (Å²) in [5.41, 5.74) is 0.326. The van der Waals surface area contributed by atoms with Crippen LogP contribution in [0.3, 0.4) is 0 Å². The quantitative estimate of drug-likeness (QED) is 0.713. The number of nitrogens with zero attached hydrogens (tertiary/aromatic N) is 2. The summed E-state index contributed by atoms with van der Waals surface area (Å²) in [6.45, 7) is 7.32. The van der Waals surface area contributed by atoms with E-state index in [0.717, 1.165) is 51.0 Å². The molecule has 1 aliphatic heterocycles. The molecule has 0 aromatic heterocycles. The second-order valence-corrected chi connectivity index (χ2v) is 10.3. The number of hydrogen-bond donors (Lipinski definition) is 0. The number of piperazine rings is 1. The molecule has 5 fully saturated rings. The fourth-order valence-electron chi connectivity index (χ4n) is 6.29. The van der Waals surface area contributed by atoms with E-state index in [1.54, 1.807) is 0 Å². The Morgan fingerprint density at radius 1 is 1.09 bits per heavy atom. The molecule has 1 saturated heterocycles. The molecule has 2 atom stereocenters. The predicted octanol–water partition coefficient (Wildman–Crippen LogP) is 3.27. The Bertz CT molecular complexity index is 444. The topological polar surface area (TPSA) is 23.6 Å². The lowest BCUT2D eigenvalue weighted by molar-refractivity contribution is -0.140. The third-order valence-corrected chi connectivity index (χ3v) is 7.74. The fourth-order valence-corrected chi connectivity index (χ4v) is 7.80. The molecule has 124 valence electrons. The molecule has 4 aliphatic carbocycles. The maximum atomic E-state index is 12.9. The van der Waals surface area contributed by atoms with Crippen LogP contribution in [0.4, 0.5) is 0 Å². The molecule has 5 aliphatic rings. The molecule has 3 nitrogen and oxygen atoms in total. The van der Waals surface area contributed by atoms with Gasteiger partial charge in [0.15, 0.2) is 0 Å². The van der Waals surface area contributed by atoms with Gasteiger partial charge in [-0.15, -0.1) is 0 Å². The lowest BCUT2D eigenvalue weighted by Crippen LogP contribution is -2.55. The van der Waals surface area contributed by atoms with Gasteiger partial charge in [-0.05, 0) is 62.3 Å². The molecule has 4 bridgehead atoms. The van der Waals surface area contributed by atoms with Crippen LogP contribution in [0, 0.1) is 17.3 Å². The Balaban J connectivity index is 1.42. The van der Waals surface area contributed by atoms with Crippen molar-refractivity contribution in [3.05, 3.63) is 0 Å². The maximum Gasteiger partial charge on any atom is 0.223 e. The predicted molar refractivity (Wildman–Crippen MR) is 92.1 cm³/mol. The molecule has 0 N–H and O–H groups in total. The van der Waals surface area contributed by atoms with E-state index in [4.69, 9.17) is 0 Å². The smallest absolute Gasteiger partial charge is 0.223 e. The Morgan fingerprint density at radius 3 is 2.27 bits per heavy atom. The highest BCUT2D eigenvalue weighted by atomic mass is 79.9. The minimum Gasteiger partial charge on any atom is -0.340 e. The molecule has 0 spiro atoms. The summed E-state index contributed by atoms with van der Waals surface area (Å²) in [4.78, 5) is 17.5. The van der Waals surface area contributed by atoms with E-state index in [1.165, 1.54) is 38.5 Å². The van der Waals surface area contributed by atoms with Crippen molar-refractivity contribution < 1.29 is 4.79 Å². The van der Waals surface area contributed by atoms with Crippen LogP contribution in [0.25, 0.3) is 0 Å². The zero-order chi connectivity index (χ0) is 15.4. The van der Waals surface area contributed by atoms with Gasteiger partial charge < -0.3 is 9.80 Å². The first-order valence-electron chi connectivity index (χ1n) is 9.18. The second-order valence-electron chi connectivity index (χ2n) is 8.60. The highest BCUT2D eigenvalue weighted by Gasteiger charge is 2.57. The third-order valence-electron chi connectivity index (χ3n) is 6.81. The van der Waals surface area contributed by atoms with Gasteiger partial charge in [0.2, 0.25) is 5.91 Å². The average molecular weight is 369 g/mol. The molecule has 0 aromatic carbocycles. The first-order chi connectivity index (χ1) is 10.5. The van der Waals surface area contributed by atoms with Crippen molar-refractivity contribution in [2.45, 2.75) is 56.2 Å². The van der Waals surface area contributed by atoms with Gasteiger partial charge in [-0.25, -0.2) is 0 Å². The van der Waals surface area contributed by atoms with Crippen LogP contribution >= 0.6 is 15.9 Å². The van der Waals surface area contributed by atoms with Crippen molar-refractivity contribution in [3.8, 4) is 0 Å². The number of rotatable bonds is 3. The molecule has 4 saturated carbocycles. The number of halogens is 1. The summed E-state index contributed by atoms with van der Waals surface area (Å²) < 4.78 is 0.373. The first kappa shape index (κ1) is 15.4. The highest BCUT2D eigenvalue weighted by Crippen LogP contribution is 2.65. The Morgan fingerprint density at radius 2 is 1.73 bits per heavy atom. The molecule has 0 radical (unpaired) electrons. The van der Waals surface area contributed by atoms with E-state index in [1.807, 2.05) is 0 Å². The third kappa shape index (κ3) is 2.75. The summed E-state index contributed by atoms with van der Waals surface area (Å²) in [7, 11) is 0. The Kier molecular flexibility index (Phi) is 3.84. The number of hydrogen-bond acceptors (Lipinski definition) is 2. The van der Waals surface area contributed by atoms with E-state index in [0.29, 0.717) is 15.6 Å². The monoisotopic (exact) mass is 368 g/mol. The van der Waals surface area contributed by atoms with E-state index < -0.39 is 0 Å². The van der Waals surface area contributed by atoms with Gasteiger partial charge in [0.1, 0.15) is 0 Å². The minimum absolute atomic E-state index is 0.326. The molecular weight excluding hydrogens is 340 g/mol. The van der Waals surface area contributed by atoms with Gasteiger partial charge >= 0.3 is 0 Å². The summed E-state index contributed by atoms with van der Waals surface area (Å²) in [5, 5.41) is 0. The fraction of sp³-hybridized carbons (Fsp3) is 0.944. The summed E-state index contributed by atoms with van der Waals surface area (Å²) >= 11 is 4.06. The van der Waals surface area contributed by atoms with Gasteiger partial charge in [0.05, 0.1) is 0 Å². The van der Waals surface area contributed by atoms with Crippen LogP contribution in [0.2, 0.25) is 0 Å². The highest BCUT2D eigenvalue weighted by molar-refractivity contribution is 9.10. The molecule has 0 aromatic rings. The van der Waals surface area contributed by atoms with Crippen molar-refractivity contribution in [2.24, 2.45) is 17.3 Å². The van der Waals surface area contributed by atoms with Crippen molar-refractivity contribution in [1.29, 1.82) is 0 Å². The van der Waals surface area contributed by atoms with Crippen LogP contribution in [-0.4, -0.2) is 52.8 Å². The first-order valence-corrected chi connectivity index (χ1v) is 9.98. The van der Waals surface area contributed by atoms with Gasteiger partial charge in [0, 0.05) is 36.9 Å². The second kappa shape index (κ2) is 5.47. The normalized spacial score (nSPS) is 44.5.